The van der Waals surface area contributed by atoms with Crippen molar-refractivity contribution in [3.63, 3.8) is 0 Å². The van der Waals surface area contributed by atoms with Gasteiger partial charge in [0.25, 0.3) is 0 Å². The number of methoxy groups -OCH3 is 1. The first kappa shape index (κ1) is 11.8. The van der Waals surface area contributed by atoms with Crippen molar-refractivity contribution in [2.75, 3.05) is 7.11 Å². The van der Waals surface area contributed by atoms with Gasteiger partial charge in [-0.05, 0) is 37.0 Å². The summed E-state index contributed by atoms with van der Waals surface area (Å²) in [6.45, 7) is 3.75. The molecule has 0 fully saturated rings. The van der Waals surface area contributed by atoms with E-state index < -0.39 is 0 Å². The first-order chi connectivity index (χ1) is 7.17. The molecule has 0 spiro atoms. The molecule has 0 amide bonds. The third-order valence-electron chi connectivity index (χ3n) is 2.61. The van der Waals surface area contributed by atoms with Gasteiger partial charge in [-0.2, -0.15) is 0 Å². The zero-order valence-electron chi connectivity index (χ0n) is 9.62. The van der Waals surface area contributed by atoms with Gasteiger partial charge in [0.05, 0.1) is 7.11 Å². The van der Waals surface area contributed by atoms with E-state index in [2.05, 4.69) is 6.92 Å². The zero-order valence-corrected chi connectivity index (χ0v) is 9.62. The highest BCUT2D eigenvalue weighted by atomic mass is 16.5. The van der Waals surface area contributed by atoms with Crippen molar-refractivity contribution in [1.82, 2.24) is 0 Å². The van der Waals surface area contributed by atoms with Gasteiger partial charge in [-0.25, -0.2) is 0 Å². The second-order valence-electron chi connectivity index (χ2n) is 3.78. The molecule has 0 N–H and O–H groups in total. The maximum absolute atomic E-state index is 11.1. The summed E-state index contributed by atoms with van der Waals surface area (Å²) < 4.78 is 5.10. The van der Waals surface area contributed by atoms with Crippen molar-refractivity contribution >= 4 is 5.78 Å². The highest BCUT2D eigenvalue weighted by Crippen LogP contribution is 2.25. The minimum Gasteiger partial charge on any atom is -0.497 e. The van der Waals surface area contributed by atoms with E-state index in [1.165, 1.54) is 5.56 Å². The molecule has 0 aliphatic heterocycles. The highest BCUT2D eigenvalue weighted by molar-refractivity contribution is 5.76. The molecule has 0 bridgehead atoms. The lowest BCUT2D eigenvalue weighted by atomic mass is 9.92. The molecule has 0 aliphatic rings. The minimum absolute atomic E-state index is 0.248. The van der Waals surface area contributed by atoms with Gasteiger partial charge in [-0.3, -0.25) is 0 Å². The van der Waals surface area contributed by atoms with E-state index in [1.54, 1.807) is 14.0 Å². The number of ether oxygens (including phenoxy) is 1. The van der Waals surface area contributed by atoms with Gasteiger partial charge in [-0.15, -0.1) is 0 Å². The van der Waals surface area contributed by atoms with Crippen LogP contribution in [-0.2, 0) is 4.79 Å². The average Bonchev–Trinajstić information content (AvgIpc) is 2.26. The van der Waals surface area contributed by atoms with Crippen LogP contribution >= 0.6 is 0 Å². The van der Waals surface area contributed by atoms with Gasteiger partial charge in [0.2, 0.25) is 0 Å². The van der Waals surface area contributed by atoms with Gasteiger partial charge in [-0.1, -0.05) is 19.1 Å². The molecule has 0 saturated heterocycles. The second-order valence-corrected chi connectivity index (χ2v) is 3.78. The predicted octanol–water partition coefficient (Wildman–Crippen LogP) is 3.17. The number of carbonyl (C=O) groups excluding carboxylic acids is 1. The van der Waals surface area contributed by atoms with E-state index in [0.717, 1.165) is 12.2 Å². The predicted molar refractivity (Wildman–Crippen MR) is 61.3 cm³/mol. The number of rotatable bonds is 5. The fraction of sp³-hybridized carbons (Fsp3) is 0.462. The molecule has 0 heterocycles. The lowest BCUT2D eigenvalue weighted by Gasteiger charge is -2.13. The van der Waals surface area contributed by atoms with Crippen LogP contribution in [0.15, 0.2) is 24.3 Å². The Balaban J connectivity index is 2.78. The van der Waals surface area contributed by atoms with E-state index in [-0.39, 0.29) is 5.78 Å². The number of carbonyl (C=O) groups is 1. The van der Waals surface area contributed by atoms with Crippen molar-refractivity contribution in [1.29, 1.82) is 0 Å². The lowest BCUT2D eigenvalue weighted by Crippen LogP contribution is -2.03. The molecule has 1 unspecified atom stereocenters. The van der Waals surface area contributed by atoms with Gasteiger partial charge in [0.1, 0.15) is 11.5 Å². The van der Waals surface area contributed by atoms with Crippen LogP contribution in [0.5, 0.6) is 5.75 Å². The van der Waals surface area contributed by atoms with Crippen molar-refractivity contribution in [3.05, 3.63) is 29.8 Å². The highest BCUT2D eigenvalue weighted by Gasteiger charge is 2.11. The molecule has 1 aromatic rings. The topological polar surface area (TPSA) is 26.3 Å². The molecule has 0 aromatic heterocycles. The summed E-state index contributed by atoms with van der Waals surface area (Å²) in [5.74, 6) is 1.45. The smallest absolute Gasteiger partial charge is 0.130 e. The van der Waals surface area contributed by atoms with E-state index in [1.807, 2.05) is 24.3 Å². The van der Waals surface area contributed by atoms with Gasteiger partial charge in [0.15, 0.2) is 0 Å². The molecular weight excluding hydrogens is 188 g/mol. The Labute approximate surface area is 91.3 Å². The first-order valence-corrected chi connectivity index (χ1v) is 5.30. The Bertz CT molecular complexity index is 314. The number of benzene rings is 1. The third-order valence-corrected chi connectivity index (χ3v) is 2.61. The molecule has 15 heavy (non-hydrogen) atoms. The Morgan fingerprint density at radius 3 is 2.33 bits per heavy atom. The van der Waals surface area contributed by atoms with E-state index in [0.29, 0.717) is 12.3 Å². The molecular formula is C13H18O2. The maximum Gasteiger partial charge on any atom is 0.130 e. The van der Waals surface area contributed by atoms with Gasteiger partial charge >= 0.3 is 0 Å². The van der Waals surface area contributed by atoms with Crippen LogP contribution in [-0.4, -0.2) is 12.9 Å². The molecule has 1 aromatic carbocycles. The third kappa shape index (κ3) is 3.39. The van der Waals surface area contributed by atoms with Crippen LogP contribution in [0.1, 0.15) is 38.2 Å². The van der Waals surface area contributed by atoms with Crippen molar-refractivity contribution in [2.24, 2.45) is 0 Å². The molecule has 82 valence electrons. The van der Waals surface area contributed by atoms with Crippen molar-refractivity contribution in [3.8, 4) is 5.75 Å². The molecule has 0 aliphatic carbocycles. The van der Waals surface area contributed by atoms with Crippen molar-refractivity contribution in [2.45, 2.75) is 32.6 Å². The summed E-state index contributed by atoms with van der Waals surface area (Å²) >= 11 is 0. The second kappa shape index (κ2) is 5.54. The fourth-order valence-electron chi connectivity index (χ4n) is 1.72. The summed E-state index contributed by atoms with van der Waals surface area (Å²) in [5, 5.41) is 0. The Kier molecular flexibility index (Phi) is 4.35. The fourth-order valence-corrected chi connectivity index (χ4v) is 1.72. The number of ketones is 1. The number of Topliss-reactive ketones (excluding diaryl/α,β-unsaturated/α-hetero) is 1. The summed E-state index contributed by atoms with van der Waals surface area (Å²) in [5.41, 5.74) is 1.22. The summed E-state index contributed by atoms with van der Waals surface area (Å²) in [6.07, 6.45) is 1.62. The van der Waals surface area contributed by atoms with Crippen LogP contribution in [0.2, 0.25) is 0 Å². The molecule has 1 rings (SSSR count). The monoisotopic (exact) mass is 206 g/mol. The van der Waals surface area contributed by atoms with Gasteiger partial charge < -0.3 is 9.53 Å². The quantitative estimate of drug-likeness (QED) is 0.739. The Morgan fingerprint density at radius 2 is 1.93 bits per heavy atom. The van der Waals surface area contributed by atoms with Crippen LogP contribution in [0.3, 0.4) is 0 Å². The maximum atomic E-state index is 11.1. The molecule has 1 atom stereocenters. The first-order valence-electron chi connectivity index (χ1n) is 5.30. The zero-order chi connectivity index (χ0) is 11.3. The summed E-state index contributed by atoms with van der Waals surface area (Å²) in [7, 11) is 1.65. The van der Waals surface area contributed by atoms with Crippen LogP contribution in [0, 0.1) is 0 Å². The molecule has 2 nitrogen and oxygen atoms in total. The Hall–Kier alpha value is -1.31. The summed E-state index contributed by atoms with van der Waals surface area (Å²) in [6, 6.07) is 7.96. The number of hydrogen-bond acceptors (Lipinski definition) is 2. The molecule has 0 saturated carbocycles. The molecule has 0 radical (unpaired) electrons. The van der Waals surface area contributed by atoms with E-state index >= 15 is 0 Å². The van der Waals surface area contributed by atoms with Crippen LogP contribution < -0.4 is 4.74 Å². The van der Waals surface area contributed by atoms with E-state index in [9.17, 15) is 4.79 Å². The van der Waals surface area contributed by atoms with E-state index in [4.69, 9.17) is 4.74 Å². The summed E-state index contributed by atoms with van der Waals surface area (Å²) in [4.78, 5) is 11.1. The standard InChI is InChI=1S/C13H18O2/c1-4-11(9-10(2)14)12-5-7-13(15-3)8-6-12/h5-8,11H,4,9H2,1-3H3. The minimum atomic E-state index is 0.248. The SMILES string of the molecule is CCC(CC(C)=O)c1ccc(OC)cc1. The lowest BCUT2D eigenvalue weighted by molar-refractivity contribution is -0.117. The molecule has 2 heteroatoms. The van der Waals surface area contributed by atoms with Crippen molar-refractivity contribution < 1.29 is 9.53 Å². The van der Waals surface area contributed by atoms with Crippen LogP contribution in [0.4, 0.5) is 0 Å². The average molecular weight is 206 g/mol. The normalized spacial score (nSPS) is 12.2. The van der Waals surface area contributed by atoms with Crippen LogP contribution in [0.25, 0.3) is 0 Å². The number of hydrogen-bond donors (Lipinski definition) is 0. The Morgan fingerprint density at radius 1 is 1.33 bits per heavy atom. The van der Waals surface area contributed by atoms with Gasteiger partial charge in [0, 0.05) is 6.42 Å². The largest absolute Gasteiger partial charge is 0.497 e.